The van der Waals surface area contributed by atoms with Crippen LogP contribution in [0.1, 0.15) is 17.5 Å². The van der Waals surface area contributed by atoms with E-state index in [0.717, 1.165) is 24.0 Å². The summed E-state index contributed by atoms with van der Waals surface area (Å²) in [6.07, 6.45) is 1.86. The first-order valence-electron chi connectivity index (χ1n) is 7.65. The van der Waals surface area contributed by atoms with Crippen molar-refractivity contribution in [2.75, 3.05) is 40.9 Å². The van der Waals surface area contributed by atoms with Gasteiger partial charge in [-0.15, -0.1) is 4.91 Å². The highest BCUT2D eigenvalue weighted by atomic mass is 16.5. The van der Waals surface area contributed by atoms with Crippen molar-refractivity contribution in [3.63, 3.8) is 0 Å². The first-order chi connectivity index (χ1) is 11.1. The highest BCUT2D eigenvalue weighted by molar-refractivity contribution is 5.80. The number of ether oxygens (including phenoxy) is 2. The first-order valence-corrected chi connectivity index (χ1v) is 7.65. The summed E-state index contributed by atoms with van der Waals surface area (Å²) in [6.45, 7) is 1.84. The van der Waals surface area contributed by atoms with Crippen LogP contribution >= 0.6 is 0 Å². The minimum atomic E-state index is 0.0951. The molecule has 1 aromatic rings. The third-order valence-corrected chi connectivity index (χ3v) is 4.10. The molecule has 0 atom stereocenters. The fourth-order valence-electron chi connectivity index (χ4n) is 2.78. The summed E-state index contributed by atoms with van der Waals surface area (Å²) >= 11 is 0. The second kappa shape index (κ2) is 7.80. The van der Waals surface area contributed by atoms with Gasteiger partial charge in [0.05, 0.1) is 25.9 Å². The molecule has 0 fully saturated rings. The molecule has 0 saturated heterocycles. The van der Waals surface area contributed by atoms with Gasteiger partial charge in [-0.1, -0.05) is 0 Å². The summed E-state index contributed by atoms with van der Waals surface area (Å²) in [7, 11) is 4.83. The van der Waals surface area contributed by atoms with Crippen molar-refractivity contribution in [2.24, 2.45) is 5.29 Å². The average Bonchev–Trinajstić information content (AvgIpc) is 2.71. The number of amides is 1. The van der Waals surface area contributed by atoms with E-state index in [1.165, 1.54) is 5.01 Å². The molecular weight excluding hydrogens is 298 g/mol. The highest BCUT2D eigenvalue weighted by Crippen LogP contribution is 2.32. The van der Waals surface area contributed by atoms with Gasteiger partial charge in [0, 0.05) is 26.7 Å². The second-order valence-electron chi connectivity index (χ2n) is 5.60. The predicted molar refractivity (Wildman–Crippen MR) is 86.6 cm³/mol. The molecule has 1 aromatic carbocycles. The number of carbonyl (C=O) groups excluding carboxylic acids is 1. The monoisotopic (exact) mass is 321 g/mol. The van der Waals surface area contributed by atoms with E-state index < -0.39 is 0 Å². The second-order valence-corrected chi connectivity index (χ2v) is 5.60. The Balaban J connectivity index is 2.07. The Morgan fingerprint density at radius 1 is 1.22 bits per heavy atom. The SMILES string of the molecule is COc1cc2c(cc1OC)CC(=O)N(CCCN(C)N=O)CC2. The van der Waals surface area contributed by atoms with Crippen molar-refractivity contribution in [3.8, 4) is 11.5 Å². The fourth-order valence-corrected chi connectivity index (χ4v) is 2.78. The molecule has 0 saturated carbocycles. The van der Waals surface area contributed by atoms with E-state index in [9.17, 15) is 9.70 Å². The number of hydrogen-bond acceptors (Lipinski definition) is 5. The van der Waals surface area contributed by atoms with Crippen LogP contribution in [0.3, 0.4) is 0 Å². The third-order valence-electron chi connectivity index (χ3n) is 4.10. The maximum atomic E-state index is 12.4. The molecule has 2 rings (SSSR count). The molecule has 23 heavy (non-hydrogen) atoms. The largest absolute Gasteiger partial charge is 0.493 e. The number of carbonyl (C=O) groups is 1. The van der Waals surface area contributed by atoms with Crippen LogP contribution in [-0.2, 0) is 17.6 Å². The summed E-state index contributed by atoms with van der Waals surface area (Å²) in [4.78, 5) is 24.6. The number of hydrogen-bond donors (Lipinski definition) is 0. The smallest absolute Gasteiger partial charge is 0.227 e. The van der Waals surface area contributed by atoms with Crippen LogP contribution in [-0.4, -0.2) is 56.7 Å². The number of benzene rings is 1. The summed E-state index contributed by atoms with van der Waals surface area (Å²) in [5.74, 6) is 1.43. The maximum Gasteiger partial charge on any atom is 0.227 e. The Bertz CT molecular complexity index is 577. The zero-order chi connectivity index (χ0) is 16.8. The molecule has 0 unspecified atom stereocenters. The minimum Gasteiger partial charge on any atom is -0.493 e. The van der Waals surface area contributed by atoms with E-state index >= 15 is 0 Å². The van der Waals surface area contributed by atoms with E-state index in [0.29, 0.717) is 37.6 Å². The highest BCUT2D eigenvalue weighted by Gasteiger charge is 2.22. The van der Waals surface area contributed by atoms with E-state index in [1.54, 1.807) is 21.3 Å². The molecule has 7 heteroatoms. The lowest BCUT2D eigenvalue weighted by Crippen LogP contribution is -2.34. The van der Waals surface area contributed by atoms with Gasteiger partial charge in [0.25, 0.3) is 0 Å². The van der Waals surface area contributed by atoms with Crippen LogP contribution in [0.2, 0.25) is 0 Å². The Hall–Kier alpha value is -2.31. The molecule has 1 heterocycles. The van der Waals surface area contributed by atoms with Crippen LogP contribution < -0.4 is 9.47 Å². The molecule has 0 spiro atoms. The quantitative estimate of drug-likeness (QED) is 0.564. The minimum absolute atomic E-state index is 0.0951. The van der Waals surface area contributed by atoms with Crippen LogP contribution in [0.25, 0.3) is 0 Å². The Morgan fingerprint density at radius 2 is 1.87 bits per heavy atom. The summed E-state index contributed by atoms with van der Waals surface area (Å²) < 4.78 is 10.6. The number of rotatable bonds is 7. The normalized spacial score (nSPS) is 14.0. The van der Waals surface area contributed by atoms with Gasteiger partial charge in [0.15, 0.2) is 11.5 Å². The maximum absolute atomic E-state index is 12.4. The first kappa shape index (κ1) is 17.1. The van der Waals surface area contributed by atoms with Crippen LogP contribution in [0, 0.1) is 4.91 Å². The van der Waals surface area contributed by atoms with E-state index in [4.69, 9.17) is 9.47 Å². The number of methoxy groups -OCH3 is 2. The number of nitrogens with zero attached hydrogens (tertiary/aromatic N) is 3. The van der Waals surface area contributed by atoms with Gasteiger partial charge >= 0.3 is 0 Å². The predicted octanol–water partition coefficient (Wildman–Crippen LogP) is 1.63. The van der Waals surface area contributed by atoms with Crippen molar-refractivity contribution in [2.45, 2.75) is 19.3 Å². The molecular formula is C16H23N3O4. The lowest BCUT2D eigenvalue weighted by molar-refractivity contribution is -0.130. The Kier molecular flexibility index (Phi) is 5.78. The lowest BCUT2D eigenvalue weighted by atomic mass is 10.0. The van der Waals surface area contributed by atoms with Crippen molar-refractivity contribution in [1.82, 2.24) is 9.91 Å². The molecule has 1 amide bonds. The summed E-state index contributed by atoms with van der Waals surface area (Å²) in [5, 5.41) is 4.17. The van der Waals surface area contributed by atoms with Gasteiger partial charge in [0.2, 0.25) is 5.91 Å². The fraction of sp³-hybridized carbons (Fsp3) is 0.562. The standard InChI is InChI=1S/C16H23N3O4/c1-18(17-21)6-4-7-19-8-5-12-9-14(22-2)15(23-3)10-13(12)11-16(19)20/h9-10H,4-8,11H2,1-3H3. The molecule has 7 nitrogen and oxygen atoms in total. The molecule has 1 aliphatic rings. The van der Waals surface area contributed by atoms with Crippen LogP contribution in [0.5, 0.6) is 11.5 Å². The van der Waals surface area contributed by atoms with Gasteiger partial charge < -0.3 is 14.4 Å². The summed E-state index contributed by atoms with van der Waals surface area (Å²) in [5.41, 5.74) is 2.10. The topological polar surface area (TPSA) is 71.4 Å². The molecule has 0 radical (unpaired) electrons. The average molecular weight is 321 g/mol. The van der Waals surface area contributed by atoms with Gasteiger partial charge in [0.1, 0.15) is 0 Å². The Morgan fingerprint density at radius 3 is 2.48 bits per heavy atom. The van der Waals surface area contributed by atoms with Crippen molar-refractivity contribution in [1.29, 1.82) is 0 Å². The van der Waals surface area contributed by atoms with Crippen molar-refractivity contribution in [3.05, 3.63) is 28.2 Å². The lowest BCUT2D eigenvalue weighted by Gasteiger charge is -2.21. The summed E-state index contributed by atoms with van der Waals surface area (Å²) in [6, 6.07) is 3.84. The third kappa shape index (κ3) is 4.12. The number of fused-ring (bicyclic) bond motifs is 1. The van der Waals surface area contributed by atoms with Gasteiger partial charge in [-0.25, -0.2) is 0 Å². The van der Waals surface area contributed by atoms with Crippen LogP contribution in [0.4, 0.5) is 0 Å². The van der Waals surface area contributed by atoms with E-state index in [2.05, 4.69) is 5.29 Å². The molecule has 0 N–H and O–H groups in total. The van der Waals surface area contributed by atoms with Gasteiger partial charge in [-0.2, -0.15) is 0 Å². The van der Waals surface area contributed by atoms with Gasteiger partial charge in [-0.3, -0.25) is 9.80 Å². The van der Waals surface area contributed by atoms with Crippen molar-refractivity contribution >= 4 is 5.91 Å². The Labute approximate surface area is 136 Å². The zero-order valence-corrected chi connectivity index (χ0v) is 13.9. The van der Waals surface area contributed by atoms with Gasteiger partial charge in [-0.05, 0) is 36.1 Å². The molecule has 0 bridgehead atoms. The molecule has 126 valence electrons. The molecule has 1 aliphatic heterocycles. The van der Waals surface area contributed by atoms with Crippen molar-refractivity contribution < 1.29 is 14.3 Å². The van der Waals surface area contributed by atoms with E-state index in [1.807, 2.05) is 17.0 Å². The number of nitroso groups, excluding NO2 is 1. The van der Waals surface area contributed by atoms with Crippen LogP contribution in [0.15, 0.2) is 17.4 Å². The molecule has 0 aliphatic carbocycles. The molecule has 0 aromatic heterocycles. The zero-order valence-electron chi connectivity index (χ0n) is 13.9. The van der Waals surface area contributed by atoms with E-state index in [-0.39, 0.29) is 5.91 Å².